The van der Waals surface area contributed by atoms with Gasteiger partial charge in [0.15, 0.2) is 0 Å². The van der Waals surface area contributed by atoms with Crippen molar-refractivity contribution < 1.29 is 9.53 Å². The predicted octanol–water partition coefficient (Wildman–Crippen LogP) is 2.88. The highest BCUT2D eigenvalue weighted by Gasteiger charge is 2.51. The zero-order valence-electron chi connectivity index (χ0n) is 13.1. The summed E-state index contributed by atoms with van der Waals surface area (Å²) in [5.74, 6) is 0.691. The molecule has 1 aromatic carbocycles. The SMILES string of the molecule is Cc1cc(C)cc(C2(C(=O)NC[C@@H]3CCCOC3)CC2)c1. The summed E-state index contributed by atoms with van der Waals surface area (Å²) < 4.78 is 5.48. The van der Waals surface area contributed by atoms with Crippen molar-refractivity contribution in [2.75, 3.05) is 19.8 Å². The summed E-state index contributed by atoms with van der Waals surface area (Å²) in [5, 5.41) is 3.17. The normalized spacial score (nSPS) is 23.6. The molecule has 2 aliphatic rings. The van der Waals surface area contributed by atoms with Gasteiger partial charge in [-0.3, -0.25) is 4.79 Å². The van der Waals surface area contributed by atoms with Crippen LogP contribution in [0, 0.1) is 19.8 Å². The van der Waals surface area contributed by atoms with E-state index in [9.17, 15) is 4.79 Å². The van der Waals surface area contributed by atoms with Crippen LogP contribution in [0.1, 0.15) is 42.4 Å². The topological polar surface area (TPSA) is 38.3 Å². The first-order chi connectivity index (χ1) is 10.1. The summed E-state index contributed by atoms with van der Waals surface area (Å²) >= 11 is 0. The van der Waals surface area contributed by atoms with Crippen LogP contribution >= 0.6 is 0 Å². The minimum absolute atomic E-state index is 0.207. The van der Waals surface area contributed by atoms with E-state index in [1.54, 1.807) is 0 Å². The molecule has 1 saturated heterocycles. The second kappa shape index (κ2) is 5.80. The van der Waals surface area contributed by atoms with Crippen molar-refractivity contribution >= 4 is 5.91 Å². The fourth-order valence-corrected chi connectivity index (χ4v) is 3.40. The lowest BCUT2D eigenvalue weighted by molar-refractivity contribution is -0.124. The molecule has 1 atom stereocenters. The average molecular weight is 287 g/mol. The number of amides is 1. The number of aryl methyl sites for hydroxylation is 2. The highest BCUT2D eigenvalue weighted by atomic mass is 16.5. The maximum Gasteiger partial charge on any atom is 0.230 e. The molecule has 3 nitrogen and oxygen atoms in total. The van der Waals surface area contributed by atoms with Crippen molar-refractivity contribution in [1.82, 2.24) is 5.32 Å². The van der Waals surface area contributed by atoms with Crippen molar-refractivity contribution in [2.24, 2.45) is 5.92 Å². The Labute approximate surface area is 127 Å². The number of ether oxygens (including phenoxy) is 1. The fraction of sp³-hybridized carbons (Fsp3) is 0.611. The summed E-state index contributed by atoms with van der Waals surface area (Å²) in [5.41, 5.74) is 3.42. The van der Waals surface area contributed by atoms with Crippen LogP contribution in [-0.2, 0) is 14.9 Å². The lowest BCUT2D eigenvalue weighted by Crippen LogP contribution is -2.39. The number of carbonyl (C=O) groups is 1. The minimum atomic E-state index is -0.258. The Morgan fingerprint density at radius 2 is 2.00 bits per heavy atom. The highest BCUT2D eigenvalue weighted by molar-refractivity contribution is 5.91. The number of carbonyl (C=O) groups excluding carboxylic acids is 1. The van der Waals surface area contributed by atoms with Gasteiger partial charge in [-0.25, -0.2) is 0 Å². The zero-order chi connectivity index (χ0) is 14.9. The third-order valence-electron chi connectivity index (χ3n) is 4.76. The standard InChI is InChI=1S/C18H25NO2/c1-13-8-14(2)10-16(9-13)18(5-6-18)17(20)19-11-15-4-3-7-21-12-15/h8-10,15H,3-7,11-12H2,1-2H3,(H,19,20)/t15-/m0/s1. The van der Waals surface area contributed by atoms with E-state index in [2.05, 4.69) is 37.4 Å². The predicted molar refractivity (Wildman–Crippen MR) is 83.4 cm³/mol. The Kier molecular flexibility index (Phi) is 4.03. The third-order valence-corrected chi connectivity index (χ3v) is 4.76. The largest absolute Gasteiger partial charge is 0.381 e. The molecule has 1 N–H and O–H groups in total. The Morgan fingerprint density at radius 3 is 2.57 bits per heavy atom. The Bertz CT molecular complexity index is 508. The molecule has 0 bridgehead atoms. The highest BCUT2D eigenvalue weighted by Crippen LogP contribution is 2.48. The monoisotopic (exact) mass is 287 g/mol. The Balaban J connectivity index is 1.65. The Hall–Kier alpha value is -1.35. The van der Waals surface area contributed by atoms with Gasteiger partial charge in [-0.2, -0.15) is 0 Å². The van der Waals surface area contributed by atoms with E-state index in [0.29, 0.717) is 5.92 Å². The summed E-state index contributed by atoms with van der Waals surface area (Å²) in [6, 6.07) is 6.50. The van der Waals surface area contributed by atoms with E-state index in [1.165, 1.54) is 16.7 Å². The molecule has 1 amide bonds. The van der Waals surface area contributed by atoms with Crippen LogP contribution in [0.2, 0.25) is 0 Å². The molecule has 0 unspecified atom stereocenters. The summed E-state index contributed by atoms with van der Waals surface area (Å²) in [4.78, 5) is 12.6. The van der Waals surface area contributed by atoms with Gasteiger partial charge in [0, 0.05) is 13.2 Å². The van der Waals surface area contributed by atoms with Gasteiger partial charge in [0.05, 0.1) is 12.0 Å². The van der Waals surface area contributed by atoms with Gasteiger partial charge in [0.25, 0.3) is 0 Å². The molecule has 0 aromatic heterocycles. The summed E-state index contributed by atoms with van der Waals surface area (Å²) in [6.45, 7) is 6.62. The lowest BCUT2D eigenvalue weighted by atomic mass is 9.91. The molecular weight excluding hydrogens is 262 g/mol. The van der Waals surface area contributed by atoms with Crippen molar-refractivity contribution in [3.05, 3.63) is 34.9 Å². The van der Waals surface area contributed by atoms with Crippen LogP contribution in [0.25, 0.3) is 0 Å². The molecule has 3 heteroatoms. The van der Waals surface area contributed by atoms with E-state index in [1.807, 2.05) is 0 Å². The second-order valence-corrected chi connectivity index (χ2v) is 6.75. The average Bonchev–Trinajstić information content (AvgIpc) is 3.26. The number of hydrogen-bond acceptors (Lipinski definition) is 2. The summed E-state index contributed by atoms with van der Waals surface area (Å²) in [6.07, 6.45) is 4.23. The molecule has 21 heavy (non-hydrogen) atoms. The van der Waals surface area contributed by atoms with Gasteiger partial charge in [-0.15, -0.1) is 0 Å². The van der Waals surface area contributed by atoms with E-state index in [0.717, 1.165) is 45.4 Å². The summed E-state index contributed by atoms with van der Waals surface area (Å²) in [7, 11) is 0. The van der Waals surface area contributed by atoms with E-state index < -0.39 is 0 Å². The Morgan fingerprint density at radius 1 is 1.29 bits per heavy atom. The number of rotatable bonds is 4. The first kappa shape index (κ1) is 14.6. The van der Waals surface area contributed by atoms with Crippen LogP contribution in [-0.4, -0.2) is 25.7 Å². The molecule has 0 radical (unpaired) electrons. The van der Waals surface area contributed by atoms with Gasteiger partial charge >= 0.3 is 0 Å². The van der Waals surface area contributed by atoms with Crippen LogP contribution in [0.4, 0.5) is 0 Å². The maximum atomic E-state index is 12.6. The maximum absolute atomic E-state index is 12.6. The third kappa shape index (κ3) is 3.13. The lowest BCUT2D eigenvalue weighted by Gasteiger charge is -2.24. The van der Waals surface area contributed by atoms with Crippen molar-refractivity contribution in [3.8, 4) is 0 Å². The van der Waals surface area contributed by atoms with Crippen LogP contribution in [0.3, 0.4) is 0 Å². The molecule has 1 aliphatic heterocycles. The van der Waals surface area contributed by atoms with Gasteiger partial charge in [0.2, 0.25) is 5.91 Å². The van der Waals surface area contributed by atoms with Gasteiger partial charge in [-0.1, -0.05) is 29.3 Å². The smallest absolute Gasteiger partial charge is 0.230 e. The molecule has 1 heterocycles. The van der Waals surface area contributed by atoms with Crippen LogP contribution < -0.4 is 5.32 Å². The van der Waals surface area contributed by atoms with Crippen molar-refractivity contribution in [3.63, 3.8) is 0 Å². The van der Waals surface area contributed by atoms with Crippen LogP contribution in [0.5, 0.6) is 0 Å². The number of nitrogens with one attached hydrogen (secondary N) is 1. The van der Waals surface area contributed by atoms with Crippen molar-refractivity contribution in [1.29, 1.82) is 0 Å². The molecule has 1 aliphatic carbocycles. The second-order valence-electron chi connectivity index (χ2n) is 6.75. The molecule has 3 rings (SSSR count). The first-order valence-electron chi connectivity index (χ1n) is 8.05. The fourth-order valence-electron chi connectivity index (χ4n) is 3.40. The van der Waals surface area contributed by atoms with E-state index in [-0.39, 0.29) is 11.3 Å². The number of hydrogen-bond donors (Lipinski definition) is 1. The zero-order valence-corrected chi connectivity index (χ0v) is 13.1. The molecule has 2 fully saturated rings. The van der Waals surface area contributed by atoms with Gasteiger partial charge in [-0.05, 0) is 51.0 Å². The molecule has 1 aromatic rings. The number of benzene rings is 1. The van der Waals surface area contributed by atoms with Gasteiger partial charge in [0.1, 0.15) is 0 Å². The molecule has 1 saturated carbocycles. The van der Waals surface area contributed by atoms with E-state index >= 15 is 0 Å². The molecule has 0 spiro atoms. The minimum Gasteiger partial charge on any atom is -0.381 e. The first-order valence-corrected chi connectivity index (χ1v) is 8.05. The van der Waals surface area contributed by atoms with Gasteiger partial charge < -0.3 is 10.1 Å². The molecule has 114 valence electrons. The quantitative estimate of drug-likeness (QED) is 0.924. The van der Waals surface area contributed by atoms with Crippen LogP contribution in [0.15, 0.2) is 18.2 Å². The molecular formula is C18H25NO2. The van der Waals surface area contributed by atoms with Crippen molar-refractivity contribution in [2.45, 2.75) is 44.9 Å². The van der Waals surface area contributed by atoms with E-state index in [4.69, 9.17) is 4.74 Å².